The maximum Gasteiger partial charge on any atom is 0.333 e. The van der Waals surface area contributed by atoms with Crippen LogP contribution in [0.1, 0.15) is 34.7 Å². The molecule has 0 aliphatic carbocycles. The Bertz CT molecular complexity index is 1730. The van der Waals surface area contributed by atoms with Gasteiger partial charge in [-0.05, 0) is 93.0 Å². The normalized spacial score (nSPS) is 14.7. The maximum absolute atomic E-state index is 13.8. The van der Waals surface area contributed by atoms with Gasteiger partial charge in [0.05, 0.1) is 16.7 Å². The summed E-state index contributed by atoms with van der Waals surface area (Å²) in [5.74, 6) is 0.688. The molecule has 0 saturated carbocycles. The van der Waals surface area contributed by atoms with Crippen LogP contribution in [0.5, 0.6) is 0 Å². The Morgan fingerprint density at radius 1 is 0.975 bits per heavy atom. The number of likely N-dealkylation sites (tertiary alicyclic amines) is 1. The van der Waals surface area contributed by atoms with Gasteiger partial charge in [-0.25, -0.2) is 9.18 Å². The Labute approximate surface area is 230 Å². The van der Waals surface area contributed by atoms with Gasteiger partial charge in [-0.3, -0.25) is 13.9 Å². The van der Waals surface area contributed by atoms with Gasteiger partial charge in [-0.2, -0.15) is 4.98 Å². The van der Waals surface area contributed by atoms with Crippen LogP contribution in [0.15, 0.2) is 76.0 Å². The van der Waals surface area contributed by atoms with Gasteiger partial charge in [0, 0.05) is 37.1 Å². The Morgan fingerprint density at radius 3 is 2.38 bits per heavy atom. The number of aromatic nitrogens is 4. The molecule has 8 nitrogen and oxygen atoms in total. The number of piperidine rings is 1. The predicted molar refractivity (Wildman–Crippen MR) is 150 cm³/mol. The highest BCUT2D eigenvalue weighted by Gasteiger charge is 2.26. The van der Waals surface area contributed by atoms with Gasteiger partial charge in [-0.1, -0.05) is 17.3 Å². The SMILES string of the molecule is Cc1nc(-c2ccc(-n3c(=O)n(CCN4CCC(C(=O)c5ccc(F)cc5)CC4)c4cccc(C)c43)cc2)no1. The molecule has 1 aliphatic heterocycles. The molecular formula is C31H30FN5O3. The minimum atomic E-state index is -0.339. The van der Waals surface area contributed by atoms with Gasteiger partial charge in [0.25, 0.3) is 0 Å². The quantitative estimate of drug-likeness (QED) is 0.265. The number of ketones is 1. The third-order valence-electron chi connectivity index (χ3n) is 7.79. The molecule has 3 aromatic carbocycles. The number of Topliss-reactive ketones (excluding diaryl/α,β-unsaturated/α-hetero) is 1. The van der Waals surface area contributed by atoms with E-state index in [0.717, 1.165) is 53.8 Å². The molecule has 204 valence electrons. The van der Waals surface area contributed by atoms with Gasteiger partial charge in [-0.15, -0.1) is 0 Å². The van der Waals surface area contributed by atoms with Crippen LogP contribution in [-0.2, 0) is 6.54 Å². The van der Waals surface area contributed by atoms with E-state index in [1.165, 1.54) is 12.1 Å². The van der Waals surface area contributed by atoms with E-state index in [1.54, 1.807) is 23.6 Å². The minimum Gasteiger partial charge on any atom is -0.339 e. The summed E-state index contributed by atoms with van der Waals surface area (Å²) in [5, 5.41) is 3.98. The van der Waals surface area contributed by atoms with E-state index in [4.69, 9.17) is 4.52 Å². The van der Waals surface area contributed by atoms with E-state index in [-0.39, 0.29) is 23.2 Å². The first kappa shape index (κ1) is 25.9. The lowest BCUT2D eigenvalue weighted by Crippen LogP contribution is -2.39. The van der Waals surface area contributed by atoms with E-state index in [2.05, 4.69) is 15.0 Å². The smallest absolute Gasteiger partial charge is 0.333 e. The highest BCUT2D eigenvalue weighted by atomic mass is 19.1. The number of nitrogens with zero attached hydrogens (tertiary/aromatic N) is 5. The van der Waals surface area contributed by atoms with Crippen molar-refractivity contribution in [2.75, 3.05) is 19.6 Å². The summed E-state index contributed by atoms with van der Waals surface area (Å²) < 4.78 is 21.9. The van der Waals surface area contributed by atoms with Crippen molar-refractivity contribution in [3.63, 3.8) is 0 Å². The summed E-state index contributed by atoms with van der Waals surface area (Å²) in [6.45, 7) is 6.57. The fourth-order valence-electron chi connectivity index (χ4n) is 5.61. The first-order valence-electron chi connectivity index (χ1n) is 13.5. The monoisotopic (exact) mass is 539 g/mol. The number of para-hydroxylation sites is 1. The first-order valence-corrected chi connectivity index (χ1v) is 13.5. The molecule has 0 bridgehead atoms. The van der Waals surface area contributed by atoms with Gasteiger partial charge in [0.1, 0.15) is 5.82 Å². The third kappa shape index (κ3) is 4.88. The molecule has 0 amide bonds. The third-order valence-corrected chi connectivity index (χ3v) is 7.79. The molecule has 40 heavy (non-hydrogen) atoms. The molecule has 5 aromatic rings. The van der Waals surface area contributed by atoms with Crippen molar-refractivity contribution < 1.29 is 13.7 Å². The van der Waals surface area contributed by atoms with E-state index in [1.807, 2.05) is 54.0 Å². The molecule has 0 radical (unpaired) electrons. The zero-order valence-electron chi connectivity index (χ0n) is 22.5. The van der Waals surface area contributed by atoms with Crippen LogP contribution >= 0.6 is 0 Å². The molecular weight excluding hydrogens is 509 g/mol. The lowest BCUT2D eigenvalue weighted by Gasteiger charge is -2.31. The second-order valence-corrected chi connectivity index (χ2v) is 10.4. The molecule has 0 unspecified atom stereocenters. The zero-order valence-corrected chi connectivity index (χ0v) is 22.5. The summed E-state index contributed by atoms with van der Waals surface area (Å²) in [4.78, 5) is 33.2. The number of hydrogen-bond donors (Lipinski definition) is 0. The Morgan fingerprint density at radius 2 is 1.70 bits per heavy atom. The molecule has 2 aromatic heterocycles. The number of carbonyl (C=O) groups is 1. The summed E-state index contributed by atoms with van der Waals surface area (Å²) in [5.41, 5.74) is 4.86. The Kier molecular flexibility index (Phi) is 6.89. The largest absolute Gasteiger partial charge is 0.339 e. The lowest BCUT2D eigenvalue weighted by atomic mass is 9.89. The van der Waals surface area contributed by atoms with Gasteiger partial charge < -0.3 is 9.42 Å². The lowest BCUT2D eigenvalue weighted by molar-refractivity contribution is 0.0837. The van der Waals surface area contributed by atoms with Crippen LogP contribution in [-0.4, -0.2) is 49.6 Å². The molecule has 1 fully saturated rings. The number of carbonyl (C=O) groups excluding carboxylic acids is 1. The average Bonchev–Trinajstić information content (AvgIpc) is 3.53. The summed E-state index contributed by atoms with van der Waals surface area (Å²) in [6, 6.07) is 19.4. The molecule has 0 atom stereocenters. The molecule has 1 saturated heterocycles. The number of benzene rings is 3. The molecule has 1 aliphatic rings. The molecule has 9 heteroatoms. The van der Waals surface area contributed by atoms with E-state index >= 15 is 0 Å². The van der Waals surface area contributed by atoms with Crippen LogP contribution in [0.25, 0.3) is 28.1 Å². The van der Waals surface area contributed by atoms with Crippen LogP contribution in [0.2, 0.25) is 0 Å². The van der Waals surface area contributed by atoms with Crippen LogP contribution < -0.4 is 5.69 Å². The molecule has 0 spiro atoms. The highest BCUT2D eigenvalue weighted by molar-refractivity contribution is 5.97. The van der Waals surface area contributed by atoms with E-state index in [0.29, 0.717) is 30.4 Å². The zero-order chi connectivity index (χ0) is 27.8. The standard InChI is InChI=1S/C31H30FN5O3/c1-20-4-3-5-27-28(20)37(26-12-8-24(9-13-26)30-33-21(2)40-34-30)31(39)36(27)19-18-35-16-14-23(15-17-35)29(38)22-6-10-25(32)11-7-22/h3-13,23H,14-19H2,1-2H3. The van der Waals surface area contributed by atoms with Crippen molar-refractivity contribution >= 4 is 16.8 Å². The first-order chi connectivity index (χ1) is 19.4. The second kappa shape index (κ2) is 10.7. The fourth-order valence-corrected chi connectivity index (χ4v) is 5.61. The van der Waals surface area contributed by atoms with Crippen molar-refractivity contribution in [1.29, 1.82) is 0 Å². The van der Waals surface area contributed by atoms with Crippen molar-refractivity contribution in [3.8, 4) is 17.1 Å². The van der Waals surface area contributed by atoms with Crippen LogP contribution in [0.3, 0.4) is 0 Å². The van der Waals surface area contributed by atoms with Crippen LogP contribution in [0.4, 0.5) is 4.39 Å². The predicted octanol–water partition coefficient (Wildman–Crippen LogP) is 5.19. The van der Waals surface area contributed by atoms with Gasteiger partial charge >= 0.3 is 5.69 Å². The fraction of sp³-hybridized carbons (Fsp3) is 0.290. The minimum absolute atomic E-state index is 0.0617. The van der Waals surface area contributed by atoms with Crippen molar-refractivity contribution in [2.24, 2.45) is 5.92 Å². The number of imidazole rings is 1. The molecule has 6 rings (SSSR count). The van der Waals surface area contributed by atoms with Crippen molar-refractivity contribution in [2.45, 2.75) is 33.2 Å². The average molecular weight is 540 g/mol. The number of aryl methyl sites for hydroxylation is 2. The van der Waals surface area contributed by atoms with E-state index in [9.17, 15) is 14.0 Å². The Hall–Kier alpha value is -4.37. The van der Waals surface area contributed by atoms with Crippen LogP contribution in [0, 0.1) is 25.6 Å². The van der Waals surface area contributed by atoms with Gasteiger partial charge in [0.2, 0.25) is 11.7 Å². The van der Waals surface area contributed by atoms with Crippen molar-refractivity contribution in [3.05, 3.63) is 100 Å². The van der Waals surface area contributed by atoms with Crippen molar-refractivity contribution in [1.82, 2.24) is 24.2 Å². The second-order valence-electron chi connectivity index (χ2n) is 10.4. The maximum atomic E-state index is 13.8. The topological polar surface area (TPSA) is 86.2 Å². The van der Waals surface area contributed by atoms with E-state index < -0.39 is 0 Å². The van der Waals surface area contributed by atoms with Gasteiger partial charge in [0.15, 0.2) is 5.78 Å². The highest BCUT2D eigenvalue weighted by Crippen LogP contribution is 2.25. The number of rotatable bonds is 7. The molecule has 0 N–H and O–H groups in total. The number of halogens is 1. The summed E-state index contributed by atoms with van der Waals surface area (Å²) >= 11 is 0. The summed E-state index contributed by atoms with van der Waals surface area (Å²) in [7, 11) is 0. The summed E-state index contributed by atoms with van der Waals surface area (Å²) in [6.07, 6.45) is 1.50. The Balaban J connectivity index is 1.19. The number of fused-ring (bicyclic) bond motifs is 1. The molecule has 3 heterocycles. The number of hydrogen-bond acceptors (Lipinski definition) is 6.